The number of carbonyl (C=O) groups excluding carboxylic acids is 1. The molecule has 2 aromatic heterocycles. The number of aryl methyl sites for hydroxylation is 1. The van der Waals surface area contributed by atoms with Crippen LogP contribution in [-0.2, 0) is 6.18 Å². The van der Waals surface area contributed by atoms with Crippen LogP contribution >= 0.6 is 0 Å². The molecule has 0 saturated carbocycles. The molecule has 8 heteroatoms. The fraction of sp³-hybridized carbons (Fsp3) is 0.111. The third-order valence-corrected chi connectivity index (χ3v) is 5.92. The van der Waals surface area contributed by atoms with E-state index >= 15 is 0 Å². The molecule has 1 amide bonds. The number of fused-ring (bicyclic) bond motifs is 3. The van der Waals surface area contributed by atoms with E-state index in [0.29, 0.717) is 22.5 Å². The van der Waals surface area contributed by atoms with Crippen LogP contribution in [0.2, 0.25) is 0 Å². The smallest absolute Gasteiger partial charge is 0.416 e. The Kier molecular flexibility index (Phi) is 5.43. The first-order chi connectivity index (χ1) is 16.7. The van der Waals surface area contributed by atoms with Gasteiger partial charge in [0.05, 0.1) is 11.8 Å². The first-order valence-corrected chi connectivity index (χ1v) is 10.8. The highest BCUT2D eigenvalue weighted by molar-refractivity contribution is 6.08. The fourth-order valence-corrected chi connectivity index (χ4v) is 4.26. The number of aromatic nitrogens is 1. The second kappa shape index (κ2) is 8.47. The highest BCUT2D eigenvalue weighted by atomic mass is 19.4. The maximum Gasteiger partial charge on any atom is 0.416 e. The van der Waals surface area contributed by atoms with Gasteiger partial charge in [-0.1, -0.05) is 36.4 Å². The molecule has 0 unspecified atom stereocenters. The second-order valence-electron chi connectivity index (χ2n) is 8.22. The van der Waals surface area contributed by atoms with E-state index in [1.807, 2.05) is 36.4 Å². The maximum absolute atomic E-state index is 13.1. The van der Waals surface area contributed by atoms with Crippen LogP contribution in [0.5, 0.6) is 0 Å². The number of hydrogen-bond donors (Lipinski definition) is 1. The molecular formula is C27H20F3N3O2. The van der Waals surface area contributed by atoms with Crippen molar-refractivity contribution in [2.24, 2.45) is 5.10 Å². The average molecular weight is 475 g/mol. The van der Waals surface area contributed by atoms with Crippen molar-refractivity contribution in [3.8, 4) is 5.69 Å². The van der Waals surface area contributed by atoms with Crippen molar-refractivity contribution in [1.82, 2.24) is 9.99 Å². The number of benzene rings is 3. The van der Waals surface area contributed by atoms with E-state index in [1.54, 1.807) is 36.6 Å². The van der Waals surface area contributed by atoms with Gasteiger partial charge < -0.3 is 8.98 Å². The Morgan fingerprint density at radius 1 is 0.971 bits per heavy atom. The third-order valence-electron chi connectivity index (χ3n) is 5.92. The van der Waals surface area contributed by atoms with Crippen molar-refractivity contribution in [2.45, 2.75) is 20.0 Å². The highest BCUT2D eigenvalue weighted by Crippen LogP contribution is 2.31. The summed E-state index contributed by atoms with van der Waals surface area (Å²) in [5.41, 5.74) is 4.82. The molecule has 5 rings (SSSR count). The molecule has 0 aliphatic heterocycles. The lowest BCUT2D eigenvalue weighted by atomic mass is 10.1. The van der Waals surface area contributed by atoms with Crippen LogP contribution in [-0.4, -0.2) is 16.7 Å². The number of alkyl halides is 3. The number of amides is 1. The molecule has 0 aliphatic carbocycles. The van der Waals surface area contributed by atoms with Crippen LogP contribution in [0.25, 0.3) is 27.4 Å². The predicted octanol–water partition coefficient (Wildman–Crippen LogP) is 6.78. The van der Waals surface area contributed by atoms with Crippen molar-refractivity contribution in [2.75, 3.05) is 0 Å². The number of hydrazone groups is 1. The van der Waals surface area contributed by atoms with Gasteiger partial charge in [0.25, 0.3) is 0 Å². The Balaban J connectivity index is 1.38. The minimum absolute atomic E-state index is 0.128. The van der Waals surface area contributed by atoms with Gasteiger partial charge in [0, 0.05) is 28.0 Å². The number of halogens is 3. The quantitative estimate of drug-likeness (QED) is 0.230. The molecule has 3 aromatic carbocycles. The summed E-state index contributed by atoms with van der Waals surface area (Å²) in [6.45, 7) is 3.57. The lowest BCUT2D eigenvalue weighted by Crippen LogP contribution is -2.16. The van der Waals surface area contributed by atoms with Gasteiger partial charge in [0.15, 0.2) is 5.76 Å². The summed E-state index contributed by atoms with van der Waals surface area (Å²) in [6, 6.07) is 20.2. The lowest BCUT2D eigenvalue weighted by Gasteiger charge is -2.13. The highest BCUT2D eigenvalue weighted by Gasteiger charge is 2.30. The largest absolute Gasteiger partial charge is 0.451 e. The summed E-state index contributed by atoms with van der Waals surface area (Å²) in [5.74, 6) is -0.379. The van der Waals surface area contributed by atoms with Gasteiger partial charge >= 0.3 is 12.1 Å². The van der Waals surface area contributed by atoms with Crippen LogP contribution in [0.4, 0.5) is 13.2 Å². The van der Waals surface area contributed by atoms with E-state index in [2.05, 4.69) is 10.5 Å². The second-order valence-corrected chi connectivity index (χ2v) is 8.22. The van der Waals surface area contributed by atoms with Crippen LogP contribution < -0.4 is 5.43 Å². The zero-order valence-corrected chi connectivity index (χ0v) is 18.9. The zero-order valence-electron chi connectivity index (χ0n) is 18.9. The Morgan fingerprint density at radius 2 is 1.77 bits per heavy atom. The molecule has 0 aliphatic rings. The minimum atomic E-state index is -4.43. The topological polar surface area (TPSA) is 59.5 Å². The van der Waals surface area contributed by atoms with Crippen LogP contribution in [0.1, 0.15) is 33.1 Å². The van der Waals surface area contributed by atoms with Crippen molar-refractivity contribution >= 4 is 33.9 Å². The predicted molar refractivity (Wildman–Crippen MR) is 129 cm³/mol. The number of nitrogens with one attached hydrogen (secondary N) is 1. The number of furan rings is 1. The molecule has 35 heavy (non-hydrogen) atoms. The first-order valence-electron chi connectivity index (χ1n) is 10.8. The molecule has 1 N–H and O–H groups in total. The summed E-state index contributed by atoms with van der Waals surface area (Å²) in [5, 5.41) is 6.90. The minimum Gasteiger partial charge on any atom is -0.451 e. The van der Waals surface area contributed by atoms with E-state index in [9.17, 15) is 18.0 Å². The van der Waals surface area contributed by atoms with E-state index < -0.39 is 17.6 Å². The van der Waals surface area contributed by atoms with Crippen molar-refractivity contribution in [3.05, 3.63) is 101 Å². The molecular weight excluding hydrogens is 455 g/mol. The fourth-order valence-electron chi connectivity index (χ4n) is 4.26. The number of hydrogen-bond acceptors (Lipinski definition) is 3. The Bertz CT molecular complexity index is 1610. The third kappa shape index (κ3) is 4.19. The Hall–Kier alpha value is -4.33. The number of nitrogens with zero attached hydrogens (tertiary/aromatic N) is 2. The summed E-state index contributed by atoms with van der Waals surface area (Å²) in [4.78, 5) is 12.6. The number of carbonyl (C=O) groups is 1. The molecule has 0 saturated heterocycles. The van der Waals surface area contributed by atoms with Gasteiger partial charge in [0.1, 0.15) is 5.58 Å². The van der Waals surface area contributed by atoms with Gasteiger partial charge in [-0.3, -0.25) is 4.79 Å². The Labute approximate surface area is 198 Å². The Morgan fingerprint density at radius 3 is 2.57 bits per heavy atom. The molecule has 176 valence electrons. The molecule has 5 aromatic rings. The van der Waals surface area contributed by atoms with E-state index in [-0.39, 0.29) is 5.76 Å². The lowest BCUT2D eigenvalue weighted by molar-refractivity contribution is -0.137. The molecule has 0 bridgehead atoms. The van der Waals surface area contributed by atoms with Crippen molar-refractivity contribution in [1.29, 1.82) is 0 Å². The van der Waals surface area contributed by atoms with Gasteiger partial charge in [-0.05, 0) is 61.0 Å². The summed E-state index contributed by atoms with van der Waals surface area (Å²) >= 11 is 0. The van der Waals surface area contributed by atoms with Gasteiger partial charge in [-0.2, -0.15) is 18.3 Å². The maximum atomic E-state index is 13.1. The number of rotatable bonds is 4. The molecule has 0 atom stereocenters. The van der Waals surface area contributed by atoms with Crippen molar-refractivity contribution in [3.63, 3.8) is 0 Å². The summed E-state index contributed by atoms with van der Waals surface area (Å²) in [7, 11) is 0. The molecule has 0 spiro atoms. The van der Waals surface area contributed by atoms with Gasteiger partial charge in [-0.15, -0.1) is 0 Å². The molecule has 2 heterocycles. The molecule has 5 nitrogen and oxygen atoms in total. The van der Waals surface area contributed by atoms with E-state index in [1.165, 1.54) is 12.3 Å². The standard InChI is InChI=1S/C27H20F3N3O2/c1-16-12-19(17(2)33(16)21-8-5-7-20(13-21)27(28,29)30)15-31-32-26(34)25-14-23-22-9-4-3-6-18(22)10-11-24(23)35-25/h3-15H,1-2H3,(H,32,34)/b31-15-. The molecule has 0 fully saturated rings. The van der Waals surface area contributed by atoms with Crippen LogP contribution in [0, 0.1) is 13.8 Å². The normalized spacial score (nSPS) is 12.1. The average Bonchev–Trinajstić information content (AvgIpc) is 3.39. The SMILES string of the molecule is Cc1cc(/C=N\NC(=O)c2cc3c(ccc4ccccc43)o2)c(C)n1-c1cccc(C(F)(F)F)c1. The van der Waals surface area contributed by atoms with E-state index in [0.717, 1.165) is 34.0 Å². The van der Waals surface area contributed by atoms with Crippen LogP contribution in [0.15, 0.2) is 82.3 Å². The van der Waals surface area contributed by atoms with Gasteiger partial charge in [0.2, 0.25) is 0 Å². The van der Waals surface area contributed by atoms with Crippen molar-refractivity contribution < 1.29 is 22.4 Å². The first kappa shape index (κ1) is 22.5. The molecule has 0 radical (unpaired) electrons. The van der Waals surface area contributed by atoms with Gasteiger partial charge in [-0.25, -0.2) is 5.43 Å². The van der Waals surface area contributed by atoms with Crippen LogP contribution in [0.3, 0.4) is 0 Å². The summed E-state index contributed by atoms with van der Waals surface area (Å²) < 4.78 is 46.8. The zero-order chi connectivity index (χ0) is 24.7. The monoisotopic (exact) mass is 475 g/mol. The summed E-state index contributed by atoms with van der Waals surface area (Å²) in [6.07, 6.45) is -2.97. The van der Waals surface area contributed by atoms with E-state index in [4.69, 9.17) is 4.42 Å².